The van der Waals surface area contributed by atoms with Gasteiger partial charge in [0.2, 0.25) is 5.82 Å². The molecule has 4 rings (SSSR count). The zero-order valence-corrected chi connectivity index (χ0v) is 18.7. The van der Waals surface area contributed by atoms with Gasteiger partial charge in [-0.3, -0.25) is 19.1 Å². The number of hydrogen-bond donors (Lipinski definition) is 2. The summed E-state index contributed by atoms with van der Waals surface area (Å²) in [7, 11) is -4.43. The van der Waals surface area contributed by atoms with Crippen LogP contribution in [-0.4, -0.2) is 54.3 Å². The number of ether oxygens (including phenoxy) is 3. The summed E-state index contributed by atoms with van der Waals surface area (Å²) in [5, 5.41) is 0.553. The molecule has 1 aromatic carbocycles. The van der Waals surface area contributed by atoms with Crippen LogP contribution in [0.4, 0.5) is 4.39 Å². The average Bonchev–Trinajstić information content (AvgIpc) is 3.21. The Hall–Kier alpha value is -3.82. The molecule has 15 heteroatoms. The normalized spacial score (nSPS) is 26.9. The van der Waals surface area contributed by atoms with Crippen LogP contribution < -0.4 is 17.0 Å². The lowest BCUT2D eigenvalue weighted by Crippen LogP contribution is -2.55. The van der Waals surface area contributed by atoms with Crippen LogP contribution in [0.3, 0.4) is 0 Å². The van der Waals surface area contributed by atoms with Crippen LogP contribution in [0, 0.1) is 5.82 Å². The highest BCUT2D eigenvalue weighted by Crippen LogP contribution is 2.48. The Morgan fingerprint density at radius 1 is 1.26 bits per heavy atom. The zero-order chi connectivity index (χ0) is 25.5. The molecule has 0 radical (unpaired) electrons. The van der Waals surface area contributed by atoms with Crippen molar-refractivity contribution in [3.8, 4) is 0 Å². The van der Waals surface area contributed by atoms with E-state index >= 15 is 0 Å². The molecule has 1 spiro atoms. The number of nitrogens with one attached hydrogen (secondary N) is 1. The molecule has 0 saturated carbocycles. The van der Waals surface area contributed by atoms with E-state index in [0.717, 1.165) is 6.92 Å². The molecular weight excluding hydrogens is 493 g/mol. The standard InChI is InChI=1S/C20H18FN3O10S/c1-10(25)32-15-17(24-7-12(21)16(26)23-19(24)28)33-14(20(15)13(22)9-35(29,30)34-20)8-31-18(27)11-5-3-2-4-6-11/h2-7,9,14-15,17H,8,22H2,1H3,(H,23,26,28)/t14-,15+,17-,20-/m1/s1. The summed E-state index contributed by atoms with van der Waals surface area (Å²) in [6.45, 7) is 0.305. The van der Waals surface area contributed by atoms with E-state index in [1.165, 1.54) is 12.1 Å². The molecule has 0 bridgehead atoms. The maximum Gasteiger partial charge on any atom is 0.338 e. The number of benzene rings is 1. The van der Waals surface area contributed by atoms with Gasteiger partial charge in [-0.15, -0.1) is 0 Å². The van der Waals surface area contributed by atoms with Gasteiger partial charge >= 0.3 is 17.6 Å². The Morgan fingerprint density at radius 2 is 1.94 bits per heavy atom. The number of rotatable bonds is 5. The van der Waals surface area contributed by atoms with Crippen molar-refractivity contribution in [3.05, 3.63) is 79.9 Å². The van der Waals surface area contributed by atoms with Crippen molar-refractivity contribution in [3.63, 3.8) is 0 Å². The number of nitrogens with two attached hydrogens (primary N) is 1. The Morgan fingerprint density at radius 3 is 2.54 bits per heavy atom. The van der Waals surface area contributed by atoms with Crippen molar-refractivity contribution in [2.24, 2.45) is 5.73 Å². The van der Waals surface area contributed by atoms with Gasteiger partial charge in [0.1, 0.15) is 12.7 Å². The fourth-order valence-electron chi connectivity index (χ4n) is 3.86. The van der Waals surface area contributed by atoms with Gasteiger partial charge in [0.15, 0.2) is 17.9 Å². The number of H-pyrrole nitrogens is 1. The topological polar surface area (TPSA) is 186 Å². The van der Waals surface area contributed by atoms with E-state index in [1.54, 1.807) is 23.2 Å². The first-order valence-corrected chi connectivity index (χ1v) is 11.4. The van der Waals surface area contributed by atoms with Gasteiger partial charge in [-0.1, -0.05) is 18.2 Å². The Bertz CT molecular complexity index is 1440. The molecule has 2 aliphatic heterocycles. The van der Waals surface area contributed by atoms with Crippen LogP contribution in [0.2, 0.25) is 0 Å². The van der Waals surface area contributed by atoms with Gasteiger partial charge in [-0.25, -0.2) is 13.8 Å². The summed E-state index contributed by atoms with van der Waals surface area (Å²) >= 11 is 0. The molecule has 186 valence electrons. The van der Waals surface area contributed by atoms with E-state index in [0.29, 0.717) is 16.2 Å². The maximum atomic E-state index is 14.0. The van der Waals surface area contributed by atoms with Gasteiger partial charge in [-0.2, -0.15) is 12.8 Å². The van der Waals surface area contributed by atoms with Crippen LogP contribution >= 0.6 is 0 Å². The fraction of sp³-hybridized carbons (Fsp3) is 0.300. The second-order valence-electron chi connectivity index (χ2n) is 7.60. The molecule has 2 aliphatic rings. The van der Waals surface area contributed by atoms with Crippen molar-refractivity contribution < 1.29 is 40.8 Å². The first-order chi connectivity index (χ1) is 16.4. The van der Waals surface area contributed by atoms with E-state index in [4.69, 9.17) is 24.1 Å². The molecule has 4 atom stereocenters. The number of halogens is 1. The Labute approximate surface area is 196 Å². The SMILES string of the molecule is CC(=O)O[C@H]1[C@H](n2cc(F)c(=O)[nH]c2=O)O[C@H](COC(=O)c2ccccc2)[C@@]12OS(=O)(=O)C=C2N. The molecule has 13 nitrogen and oxygen atoms in total. The number of nitrogens with zero attached hydrogens (tertiary/aromatic N) is 1. The number of aromatic amines is 1. The van der Waals surface area contributed by atoms with Crippen LogP contribution in [0.1, 0.15) is 23.5 Å². The molecular formula is C20H18FN3O10S. The summed E-state index contributed by atoms with van der Waals surface area (Å²) in [6.07, 6.45) is -4.59. The molecule has 1 fully saturated rings. The minimum Gasteiger partial charge on any atom is -0.459 e. The molecule has 3 heterocycles. The van der Waals surface area contributed by atoms with Crippen LogP contribution in [0.25, 0.3) is 0 Å². The maximum absolute atomic E-state index is 14.0. The monoisotopic (exact) mass is 511 g/mol. The predicted molar refractivity (Wildman–Crippen MR) is 112 cm³/mol. The lowest BCUT2D eigenvalue weighted by Gasteiger charge is -2.33. The number of esters is 2. The molecule has 1 saturated heterocycles. The van der Waals surface area contributed by atoms with E-state index in [1.807, 2.05) is 0 Å². The summed E-state index contributed by atoms with van der Waals surface area (Å²) in [5.74, 6) is -3.15. The minimum atomic E-state index is -4.43. The highest BCUT2D eigenvalue weighted by molar-refractivity contribution is 7.90. The Balaban J connectivity index is 1.79. The first kappa shape index (κ1) is 24.3. The summed E-state index contributed by atoms with van der Waals surface area (Å²) < 4.78 is 60.5. The number of carbonyl (C=O) groups excluding carboxylic acids is 2. The first-order valence-electron chi connectivity index (χ1n) is 9.93. The second kappa shape index (κ2) is 8.75. The highest BCUT2D eigenvalue weighted by atomic mass is 32.2. The summed E-state index contributed by atoms with van der Waals surface area (Å²) in [6, 6.07) is 7.77. The average molecular weight is 511 g/mol. The van der Waals surface area contributed by atoms with Crippen molar-refractivity contribution in [2.75, 3.05) is 6.61 Å². The Kier molecular flexibility index (Phi) is 6.08. The van der Waals surface area contributed by atoms with Crippen molar-refractivity contribution in [1.29, 1.82) is 0 Å². The minimum absolute atomic E-state index is 0.162. The van der Waals surface area contributed by atoms with Gasteiger partial charge < -0.3 is 19.9 Å². The van der Waals surface area contributed by atoms with Crippen molar-refractivity contribution >= 4 is 22.1 Å². The smallest absolute Gasteiger partial charge is 0.338 e. The largest absolute Gasteiger partial charge is 0.459 e. The summed E-state index contributed by atoms with van der Waals surface area (Å²) in [5.41, 5.74) is 0.893. The molecule has 35 heavy (non-hydrogen) atoms. The molecule has 2 aromatic rings. The molecule has 1 aromatic heterocycles. The lowest BCUT2D eigenvalue weighted by molar-refractivity contribution is -0.158. The van der Waals surface area contributed by atoms with E-state index in [9.17, 15) is 32.0 Å². The van der Waals surface area contributed by atoms with Crippen LogP contribution in [-0.2, 0) is 33.3 Å². The third kappa shape index (κ3) is 4.36. The summed E-state index contributed by atoms with van der Waals surface area (Å²) in [4.78, 5) is 49.9. The molecule has 0 aliphatic carbocycles. The van der Waals surface area contributed by atoms with Crippen LogP contribution in [0.5, 0.6) is 0 Å². The predicted octanol–water partition coefficient (Wildman–Crippen LogP) is -0.739. The van der Waals surface area contributed by atoms with E-state index in [2.05, 4.69) is 0 Å². The third-order valence-corrected chi connectivity index (χ3v) is 6.36. The quantitative estimate of drug-likeness (QED) is 0.380. The number of hydrogen-bond acceptors (Lipinski definition) is 11. The second-order valence-corrected chi connectivity index (χ2v) is 8.98. The highest BCUT2D eigenvalue weighted by Gasteiger charge is 2.67. The molecule has 0 unspecified atom stereocenters. The molecule has 0 amide bonds. The van der Waals surface area contributed by atoms with Gasteiger partial charge in [0.05, 0.1) is 22.9 Å². The van der Waals surface area contributed by atoms with Gasteiger partial charge in [-0.05, 0) is 12.1 Å². The number of carbonyl (C=O) groups is 2. The van der Waals surface area contributed by atoms with Gasteiger partial charge in [0, 0.05) is 6.92 Å². The van der Waals surface area contributed by atoms with Crippen molar-refractivity contribution in [1.82, 2.24) is 9.55 Å². The van der Waals surface area contributed by atoms with Crippen molar-refractivity contribution in [2.45, 2.75) is 31.0 Å². The molecule has 3 N–H and O–H groups in total. The zero-order valence-electron chi connectivity index (χ0n) is 17.9. The fourth-order valence-corrected chi connectivity index (χ4v) is 5.08. The van der Waals surface area contributed by atoms with Crippen LogP contribution in [0.15, 0.2) is 57.2 Å². The third-order valence-electron chi connectivity index (χ3n) is 5.31. The van der Waals surface area contributed by atoms with E-state index in [-0.39, 0.29) is 5.56 Å². The number of aromatic nitrogens is 2. The van der Waals surface area contributed by atoms with Gasteiger partial charge in [0.25, 0.3) is 15.7 Å². The van der Waals surface area contributed by atoms with E-state index < -0.39 is 75.5 Å². The lowest BCUT2D eigenvalue weighted by atomic mass is 9.89.